The van der Waals surface area contributed by atoms with Crippen LogP contribution in [0, 0.1) is 0 Å². The molecule has 0 radical (unpaired) electrons. The minimum absolute atomic E-state index is 0.314. The monoisotopic (exact) mass is 325 g/mol. The maximum absolute atomic E-state index is 12.0. The number of benzene rings is 1. The van der Waals surface area contributed by atoms with Gasteiger partial charge >= 0.3 is 0 Å². The van der Waals surface area contributed by atoms with E-state index in [4.69, 9.17) is 4.74 Å². The number of fused-ring (bicyclic) bond motifs is 1. The summed E-state index contributed by atoms with van der Waals surface area (Å²) in [6, 6.07) is 13.3. The number of carbonyl (C=O) groups is 1. The van der Waals surface area contributed by atoms with Crippen LogP contribution in [0.5, 0.6) is 5.75 Å². The number of para-hydroxylation sites is 1. The van der Waals surface area contributed by atoms with E-state index in [2.05, 4.69) is 15.5 Å². The highest BCUT2D eigenvalue weighted by Gasteiger charge is 2.15. The predicted molar refractivity (Wildman–Crippen MR) is 91.9 cm³/mol. The van der Waals surface area contributed by atoms with Crippen molar-refractivity contribution in [2.24, 2.45) is 5.10 Å². The Morgan fingerprint density at radius 2 is 2.17 bits per heavy atom. The molecule has 3 rings (SSSR count). The molecular formula is C17H15N3O2S. The van der Waals surface area contributed by atoms with Crippen LogP contribution >= 0.6 is 11.3 Å². The summed E-state index contributed by atoms with van der Waals surface area (Å²) in [7, 11) is 0. The van der Waals surface area contributed by atoms with Gasteiger partial charge in [-0.2, -0.15) is 5.10 Å². The fraction of sp³-hybridized carbons (Fsp3) is 0.118. The molecule has 23 heavy (non-hydrogen) atoms. The van der Waals surface area contributed by atoms with Gasteiger partial charge in [0.15, 0.2) is 6.10 Å². The number of nitrogens with zero attached hydrogens (tertiary/aromatic N) is 2. The number of amides is 1. The van der Waals surface area contributed by atoms with Gasteiger partial charge in [-0.1, -0.05) is 24.3 Å². The lowest BCUT2D eigenvalue weighted by Gasteiger charge is -2.14. The lowest BCUT2D eigenvalue weighted by molar-refractivity contribution is -0.127. The number of carbonyl (C=O) groups excluding carboxylic acids is 1. The van der Waals surface area contributed by atoms with Gasteiger partial charge in [-0.3, -0.25) is 9.78 Å². The molecule has 0 aliphatic heterocycles. The molecule has 0 aliphatic carbocycles. The van der Waals surface area contributed by atoms with Crippen LogP contribution in [0.15, 0.2) is 59.1 Å². The van der Waals surface area contributed by atoms with Crippen molar-refractivity contribution < 1.29 is 9.53 Å². The summed E-state index contributed by atoms with van der Waals surface area (Å²) >= 11 is 1.55. The number of hydrogen-bond donors (Lipinski definition) is 1. The van der Waals surface area contributed by atoms with Crippen LogP contribution in [0.25, 0.3) is 10.9 Å². The largest absolute Gasteiger partial charge is 0.479 e. The first kappa shape index (κ1) is 15.2. The Balaban J connectivity index is 1.65. The van der Waals surface area contributed by atoms with Crippen LogP contribution in [-0.2, 0) is 4.79 Å². The molecule has 3 aromatic rings. The topological polar surface area (TPSA) is 63.6 Å². The van der Waals surface area contributed by atoms with Crippen molar-refractivity contribution in [3.63, 3.8) is 0 Å². The van der Waals surface area contributed by atoms with Crippen molar-refractivity contribution in [1.82, 2.24) is 10.4 Å². The third-order valence-corrected chi connectivity index (χ3v) is 3.99. The summed E-state index contributed by atoms with van der Waals surface area (Å²) in [6.07, 6.45) is 2.63. The molecule has 0 saturated carbocycles. The maximum Gasteiger partial charge on any atom is 0.280 e. The molecule has 1 amide bonds. The fourth-order valence-electron chi connectivity index (χ4n) is 2.03. The van der Waals surface area contributed by atoms with E-state index in [1.165, 1.54) is 0 Å². The van der Waals surface area contributed by atoms with Gasteiger partial charge in [0, 0.05) is 16.5 Å². The molecule has 0 unspecified atom stereocenters. The molecular weight excluding hydrogens is 310 g/mol. The highest BCUT2D eigenvalue weighted by molar-refractivity contribution is 7.11. The number of thiophene rings is 1. The summed E-state index contributed by atoms with van der Waals surface area (Å²) < 4.78 is 5.73. The van der Waals surface area contributed by atoms with Gasteiger partial charge in [-0.15, -0.1) is 11.3 Å². The van der Waals surface area contributed by atoms with E-state index in [1.807, 2.05) is 41.8 Å². The van der Waals surface area contributed by atoms with Crippen molar-refractivity contribution in [2.75, 3.05) is 0 Å². The van der Waals surface area contributed by atoms with E-state index in [0.29, 0.717) is 5.75 Å². The molecule has 5 nitrogen and oxygen atoms in total. The summed E-state index contributed by atoms with van der Waals surface area (Å²) in [5, 5.41) is 6.84. The third kappa shape index (κ3) is 3.73. The zero-order valence-corrected chi connectivity index (χ0v) is 13.3. The van der Waals surface area contributed by atoms with E-state index in [1.54, 1.807) is 36.7 Å². The van der Waals surface area contributed by atoms with Crippen molar-refractivity contribution in [1.29, 1.82) is 0 Å². The quantitative estimate of drug-likeness (QED) is 0.579. The second-order valence-electron chi connectivity index (χ2n) is 4.84. The van der Waals surface area contributed by atoms with Gasteiger partial charge in [-0.05, 0) is 30.5 Å². The van der Waals surface area contributed by atoms with Gasteiger partial charge in [0.2, 0.25) is 0 Å². The van der Waals surface area contributed by atoms with Crippen LogP contribution in [0.4, 0.5) is 0 Å². The van der Waals surface area contributed by atoms with Crippen molar-refractivity contribution in [3.05, 3.63) is 58.9 Å². The fourth-order valence-corrected chi connectivity index (χ4v) is 2.62. The zero-order valence-electron chi connectivity index (χ0n) is 12.5. The van der Waals surface area contributed by atoms with Gasteiger partial charge in [-0.25, -0.2) is 5.43 Å². The van der Waals surface area contributed by atoms with Crippen molar-refractivity contribution in [2.45, 2.75) is 13.0 Å². The molecule has 1 N–H and O–H groups in total. The first-order chi connectivity index (χ1) is 11.2. The van der Waals surface area contributed by atoms with E-state index < -0.39 is 6.10 Å². The number of nitrogens with one attached hydrogen (secondary N) is 1. The highest BCUT2D eigenvalue weighted by Crippen LogP contribution is 2.23. The first-order valence-electron chi connectivity index (χ1n) is 7.11. The molecule has 6 heteroatoms. The normalized spacial score (nSPS) is 12.4. The minimum Gasteiger partial charge on any atom is -0.479 e. The Morgan fingerprint density at radius 3 is 3.00 bits per heavy atom. The second-order valence-corrected chi connectivity index (χ2v) is 5.82. The Morgan fingerprint density at radius 1 is 1.30 bits per heavy atom. The second kappa shape index (κ2) is 7.02. The van der Waals surface area contributed by atoms with Crippen LogP contribution < -0.4 is 10.2 Å². The molecule has 1 aromatic carbocycles. The summed E-state index contributed by atoms with van der Waals surface area (Å²) in [4.78, 5) is 17.3. The van der Waals surface area contributed by atoms with E-state index >= 15 is 0 Å². The van der Waals surface area contributed by atoms with Gasteiger partial charge in [0.25, 0.3) is 5.91 Å². The smallest absolute Gasteiger partial charge is 0.280 e. The van der Waals surface area contributed by atoms with Crippen molar-refractivity contribution in [3.8, 4) is 5.75 Å². The summed E-state index contributed by atoms with van der Waals surface area (Å²) in [5.74, 6) is 0.263. The Labute approximate surface area is 137 Å². The number of aromatic nitrogens is 1. The molecule has 1 atom stereocenters. The molecule has 2 aromatic heterocycles. The molecule has 0 bridgehead atoms. The Kier molecular flexibility index (Phi) is 4.63. The molecule has 2 heterocycles. The summed E-state index contributed by atoms with van der Waals surface area (Å²) in [5.41, 5.74) is 3.21. The van der Waals surface area contributed by atoms with Gasteiger partial charge in [0.05, 0.1) is 6.21 Å². The number of pyridine rings is 1. The average molecular weight is 325 g/mol. The number of ether oxygens (including phenoxy) is 1. The van der Waals surface area contributed by atoms with E-state index in [-0.39, 0.29) is 5.91 Å². The van der Waals surface area contributed by atoms with Gasteiger partial charge < -0.3 is 4.74 Å². The standard InChI is InChI=1S/C17H15N3O2S/c1-12(17(21)20-19-11-14-7-4-10-23-14)22-15-8-2-5-13-6-3-9-18-16(13)15/h2-12H,1H3,(H,20,21)/b19-11-/t12-/m0/s1. The van der Waals surface area contributed by atoms with Crippen LogP contribution in [0.2, 0.25) is 0 Å². The number of rotatable bonds is 5. The van der Waals surface area contributed by atoms with Crippen LogP contribution in [0.1, 0.15) is 11.8 Å². The molecule has 0 saturated heterocycles. The molecule has 116 valence electrons. The predicted octanol–water partition coefficient (Wildman–Crippen LogP) is 3.21. The Hall–Kier alpha value is -2.73. The SMILES string of the molecule is C[C@H](Oc1cccc2cccnc12)C(=O)N/N=C\c1cccs1. The van der Waals surface area contributed by atoms with Crippen LogP contribution in [-0.4, -0.2) is 23.2 Å². The van der Waals surface area contributed by atoms with Crippen LogP contribution in [0.3, 0.4) is 0 Å². The minimum atomic E-state index is -0.678. The van der Waals surface area contributed by atoms with Gasteiger partial charge in [0.1, 0.15) is 11.3 Å². The molecule has 0 fully saturated rings. The number of hydrogen-bond acceptors (Lipinski definition) is 5. The lowest BCUT2D eigenvalue weighted by atomic mass is 10.2. The number of hydrazone groups is 1. The Bertz CT molecular complexity index is 825. The average Bonchev–Trinajstić information content (AvgIpc) is 3.08. The first-order valence-corrected chi connectivity index (χ1v) is 7.99. The summed E-state index contributed by atoms with van der Waals surface area (Å²) in [6.45, 7) is 1.68. The molecule has 0 aliphatic rings. The van der Waals surface area contributed by atoms with Crippen molar-refractivity contribution >= 4 is 34.4 Å². The maximum atomic E-state index is 12.0. The zero-order chi connectivity index (χ0) is 16.1. The highest BCUT2D eigenvalue weighted by atomic mass is 32.1. The van der Waals surface area contributed by atoms with E-state index in [0.717, 1.165) is 15.8 Å². The third-order valence-electron chi connectivity index (χ3n) is 3.18. The lowest BCUT2D eigenvalue weighted by Crippen LogP contribution is -2.33. The molecule has 0 spiro atoms. The van der Waals surface area contributed by atoms with E-state index in [9.17, 15) is 4.79 Å².